The van der Waals surface area contributed by atoms with Crippen LogP contribution >= 0.6 is 15.9 Å². The molecule has 0 spiro atoms. The van der Waals surface area contributed by atoms with E-state index in [9.17, 15) is 4.79 Å². The third kappa shape index (κ3) is 3.68. The lowest BCUT2D eigenvalue weighted by atomic mass is 10.1. The van der Waals surface area contributed by atoms with Crippen molar-refractivity contribution in [1.82, 2.24) is 15.0 Å². The molecule has 0 aliphatic heterocycles. The first-order valence-electron chi connectivity index (χ1n) is 8.28. The SMILES string of the molecule is O=C(COc1ccc2ccccc2c1Br)Nc1ccccc1-n1ccnn1. The highest BCUT2D eigenvalue weighted by Crippen LogP contribution is 2.33. The third-order valence-corrected chi connectivity index (χ3v) is 4.85. The second-order valence-corrected chi connectivity index (χ2v) is 6.59. The Bertz CT molecular complexity index is 1100. The summed E-state index contributed by atoms with van der Waals surface area (Å²) < 4.78 is 8.14. The maximum absolute atomic E-state index is 12.4. The molecule has 4 rings (SSSR count). The maximum atomic E-state index is 12.4. The number of rotatable bonds is 5. The molecule has 0 unspecified atom stereocenters. The van der Waals surface area contributed by atoms with Gasteiger partial charge in [0.15, 0.2) is 6.61 Å². The number of hydrogen-bond donors (Lipinski definition) is 1. The smallest absolute Gasteiger partial charge is 0.262 e. The Morgan fingerprint density at radius 2 is 1.89 bits per heavy atom. The number of nitrogens with zero attached hydrogens (tertiary/aromatic N) is 3. The van der Waals surface area contributed by atoms with Crippen molar-refractivity contribution in [3.8, 4) is 11.4 Å². The number of amides is 1. The quantitative estimate of drug-likeness (QED) is 0.523. The van der Waals surface area contributed by atoms with E-state index in [4.69, 9.17) is 4.74 Å². The number of anilines is 1. The Balaban J connectivity index is 1.48. The summed E-state index contributed by atoms with van der Waals surface area (Å²) in [6.07, 6.45) is 3.30. The van der Waals surface area contributed by atoms with E-state index < -0.39 is 0 Å². The summed E-state index contributed by atoms with van der Waals surface area (Å²) in [5.41, 5.74) is 1.37. The maximum Gasteiger partial charge on any atom is 0.262 e. The highest BCUT2D eigenvalue weighted by molar-refractivity contribution is 9.10. The lowest BCUT2D eigenvalue weighted by Gasteiger charge is -2.12. The van der Waals surface area contributed by atoms with Gasteiger partial charge in [-0.3, -0.25) is 4.79 Å². The number of carbonyl (C=O) groups excluding carboxylic acids is 1. The summed E-state index contributed by atoms with van der Waals surface area (Å²) >= 11 is 3.56. The van der Waals surface area contributed by atoms with Crippen LogP contribution in [0.1, 0.15) is 0 Å². The van der Waals surface area contributed by atoms with Crippen molar-refractivity contribution in [3.63, 3.8) is 0 Å². The summed E-state index contributed by atoms with van der Waals surface area (Å²) in [4.78, 5) is 12.4. The van der Waals surface area contributed by atoms with Gasteiger partial charge in [-0.15, -0.1) is 5.10 Å². The zero-order chi connectivity index (χ0) is 18.6. The zero-order valence-corrected chi connectivity index (χ0v) is 15.8. The number of fused-ring (bicyclic) bond motifs is 1. The number of halogens is 1. The van der Waals surface area contributed by atoms with Crippen molar-refractivity contribution in [3.05, 3.63) is 77.5 Å². The molecule has 0 aliphatic rings. The first-order chi connectivity index (χ1) is 13.2. The minimum absolute atomic E-state index is 0.109. The zero-order valence-electron chi connectivity index (χ0n) is 14.2. The van der Waals surface area contributed by atoms with Gasteiger partial charge in [0.25, 0.3) is 5.91 Å². The number of aromatic nitrogens is 3. The number of hydrogen-bond acceptors (Lipinski definition) is 4. The second-order valence-electron chi connectivity index (χ2n) is 5.80. The molecule has 1 heterocycles. The van der Waals surface area contributed by atoms with Crippen molar-refractivity contribution in [2.24, 2.45) is 0 Å². The van der Waals surface area contributed by atoms with Crippen LogP contribution in [0.4, 0.5) is 5.69 Å². The van der Waals surface area contributed by atoms with Gasteiger partial charge in [0.05, 0.1) is 28.2 Å². The van der Waals surface area contributed by atoms with Crippen molar-refractivity contribution in [1.29, 1.82) is 0 Å². The van der Waals surface area contributed by atoms with Crippen LogP contribution in [0.25, 0.3) is 16.5 Å². The molecule has 0 fully saturated rings. The van der Waals surface area contributed by atoms with Crippen LogP contribution in [-0.2, 0) is 4.79 Å². The summed E-state index contributed by atoms with van der Waals surface area (Å²) in [5, 5.41) is 12.8. The normalized spacial score (nSPS) is 10.7. The van der Waals surface area contributed by atoms with E-state index in [0.29, 0.717) is 11.4 Å². The molecule has 0 atom stereocenters. The van der Waals surface area contributed by atoms with Gasteiger partial charge in [-0.2, -0.15) is 0 Å². The predicted octanol–water partition coefficient (Wildman–Crippen LogP) is 4.20. The lowest BCUT2D eigenvalue weighted by molar-refractivity contribution is -0.118. The monoisotopic (exact) mass is 422 g/mol. The Labute approximate surface area is 163 Å². The van der Waals surface area contributed by atoms with Crippen molar-refractivity contribution in [2.45, 2.75) is 0 Å². The predicted molar refractivity (Wildman–Crippen MR) is 107 cm³/mol. The number of benzene rings is 3. The number of para-hydroxylation sites is 2. The third-order valence-electron chi connectivity index (χ3n) is 4.03. The fourth-order valence-electron chi connectivity index (χ4n) is 2.77. The summed E-state index contributed by atoms with van der Waals surface area (Å²) in [6.45, 7) is -0.109. The molecule has 4 aromatic rings. The van der Waals surface area contributed by atoms with Gasteiger partial charge in [0.2, 0.25) is 0 Å². The molecule has 0 aliphatic carbocycles. The first-order valence-corrected chi connectivity index (χ1v) is 9.07. The molecule has 7 heteroatoms. The molecule has 0 bridgehead atoms. The number of carbonyl (C=O) groups is 1. The minimum atomic E-state index is -0.261. The average molecular weight is 423 g/mol. The van der Waals surface area contributed by atoms with Gasteiger partial charge in [-0.1, -0.05) is 47.7 Å². The molecule has 134 valence electrons. The van der Waals surface area contributed by atoms with E-state index in [-0.39, 0.29) is 12.5 Å². The van der Waals surface area contributed by atoms with E-state index in [1.807, 2.05) is 54.6 Å². The molecule has 6 nitrogen and oxygen atoms in total. The van der Waals surface area contributed by atoms with Crippen LogP contribution in [0.15, 0.2) is 77.5 Å². The molecular formula is C20H15BrN4O2. The van der Waals surface area contributed by atoms with Crippen molar-refractivity contribution in [2.75, 3.05) is 11.9 Å². The molecule has 1 amide bonds. The van der Waals surface area contributed by atoms with Crippen LogP contribution < -0.4 is 10.1 Å². The van der Waals surface area contributed by atoms with E-state index in [0.717, 1.165) is 20.9 Å². The standard InChI is InChI=1S/C20H15BrN4O2/c21-20-15-6-2-1-5-14(15)9-10-18(20)27-13-19(26)23-16-7-3-4-8-17(16)25-12-11-22-24-25/h1-12H,13H2,(H,23,26). The van der Waals surface area contributed by atoms with E-state index in [1.54, 1.807) is 23.1 Å². The molecule has 1 N–H and O–H groups in total. The molecule has 0 saturated carbocycles. The van der Waals surface area contributed by atoms with Gasteiger partial charge in [-0.25, -0.2) is 4.68 Å². The summed E-state index contributed by atoms with van der Waals surface area (Å²) in [6, 6.07) is 19.2. The Hall–Kier alpha value is -3.19. The Kier molecular flexibility index (Phi) is 4.84. The highest BCUT2D eigenvalue weighted by atomic mass is 79.9. The van der Waals surface area contributed by atoms with Crippen LogP contribution in [0.2, 0.25) is 0 Å². The van der Waals surface area contributed by atoms with E-state index in [2.05, 4.69) is 31.6 Å². The fraction of sp³-hybridized carbons (Fsp3) is 0.0500. The van der Waals surface area contributed by atoms with Crippen LogP contribution in [0.3, 0.4) is 0 Å². The van der Waals surface area contributed by atoms with Crippen molar-refractivity contribution < 1.29 is 9.53 Å². The van der Waals surface area contributed by atoms with Gasteiger partial charge in [-0.05, 0) is 44.9 Å². The average Bonchev–Trinajstić information content (AvgIpc) is 3.23. The summed E-state index contributed by atoms with van der Waals surface area (Å²) in [7, 11) is 0. The summed E-state index contributed by atoms with van der Waals surface area (Å²) in [5.74, 6) is 0.357. The minimum Gasteiger partial charge on any atom is -0.483 e. The fourth-order valence-corrected chi connectivity index (χ4v) is 3.38. The molecule has 1 aromatic heterocycles. The van der Waals surface area contributed by atoms with Gasteiger partial charge in [0, 0.05) is 0 Å². The Morgan fingerprint density at radius 1 is 1.07 bits per heavy atom. The van der Waals surface area contributed by atoms with Crippen LogP contribution in [0, 0.1) is 0 Å². The largest absolute Gasteiger partial charge is 0.483 e. The van der Waals surface area contributed by atoms with Crippen LogP contribution in [-0.4, -0.2) is 27.5 Å². The van der Waals surface area contributed by atoms with E-state index in [1.165, 1.54) is 0 Å². The molecule has 0 radical (unpaired) electrons. The molecule has 0 saturated heterocycles. The van der Waals surface area contributed by atoms with Crippen LogP contribution in [0.5, 0.6) is 5.75 Å². The Morgan fingerprint density at radius 3 is 2.74 bits per heavy atom. The molecule has 27 heavy (non-hydrogen) atoms. The van der Waals surface area contributed by atoms with E-state index >= 15 is 0 Å². The number of ether oxygens (including phenoxy) is 1. The first kappa shape index (κ1) is 17.2. The number of nitrogens with one attached hydrogen (secondary N) is 1. The van der Waals surface area contributed by atoms with Gasteiger partial charge >= 0.3 is 0 Å². The van der Waals surface area contributed by atoms with Crippen molar-refractivity contribution >= 4 is 38.3 Å². The van der Waals surface area contributed by atoms with Gasteiger partial charge < -0.3 is 10.1 Å². The molecular weight excluding hydrogens is 408 g/mol. The topological polar surface area (TPSA) is 69.0 Å². The second kappa shape index (κ2) is 7.59. The van der Waals surface area contributed by atoms with Gasteiger partial charge in [0.1, 0.15) is 5.75 Å². The highest BCUT2D eigenvalue weighted by Gasteiger charge is 2.11. The molecule has 3 aromatic carbocycles. The lowest BCUT2D eigenvalue weighted by Crippen LogP contribution is -2.21.